The predicted octanol–water partition coefficient (Wildman–Crippen LogP) is 2.03. The zero-order valence-corrected chi connectivity index (χ0v) is 10.5. The van der Waals surface area contributed by atoms with Crippen molar-refractivity contribution in [1.29, 1.82) is 0 Å². The summed E-state index contributed by atoms with van der Waals surface area (Å²) in [5, 5.41) is 9.46. The zero-order chi connectivity index (χ0) is 11.8. The first-order chi connectivity index (χ1) is 8.29. The molecule has 0 bridgehead atoms. The van der Waals surface area contributed by atoms with Gasteiger partial charge in [-0.05, 0) is 36.4 Å². The Morgan fingerprint density at radius 3 is 2.94 bits per heavy atom. The first kappa shape index (κ1) is 11.2. The van der Waals surface area contributed by atoms with Gasteiger partial charge in [0.05, 0.1) is 6.61 Å². The quantitative estimate of drug-likeness (QED) is 0.860. The van der Waals surface area contributed by atoms with E-state index in [1.165, 1.54) is 24.0 Å². The third-order valence-electron chi connectivity index (χ3n) is 4.60. The van der Waals surface area contributed by atoms with E-state index >= 15 is 0 Å². The number of likely N-dealkylation sites (tertiary alicyclic amines) is 1. The van der Waals surface area contributed by atoms with E-state index in [0.29, 0.717) is 24.5 Å². The molecule has 2 aliphatic rings. The summed E-state index contributed by atoms with van der Waals surface area (Å²) in [6, 6.07) is 9.16. The number of benzene rings is 1. The van der Waals surface area contributed by atoms with E-state index in [2.05, 4.69) is 36.1 Å². The van der Waals surface area contributed by atoms with E-state index in [1.807, 2.05) is 0 Å². The van der Waals surface area contributed by atoms with E-state index in [4.69, 9.17) is 0 Å². The van der Waals surface area contributed by atoms with Crippen LogP contribution in [0.1, 0.15) is 30.4 Å². The van der Waals surface area contributed by atoms with Crippen molar-refractivity contribution in [2.24, 2.45) is 5.92 Å². The molecule has 2 heteroatoms. The maximum atomic E-state index is 9.46. The van der Waals surface area contributed by atoms with Crippen molar-refractivity contribution in [2.45, 2.75) is 31.7 Å². The van der Waals surface area contributed by atoms with Gasteiger partial charge in [-0.1, -0.05) is 31.2 Å². The second-order valence-electron chi connectivity index (χ2n) is 5.61. The van der Waals surface area contributed by atoms with Crippen LogP contribution in [0.4, 0.5) is 0 Å². The molecular weight excluding hydrogens is 210 g/mol. The molecule has 0 radical (unpaired) electrons. The SMILES string of the molecule is CC1CCN(CC2Cc3ccccc32)C1CO. The Hall–Kier alpha value is -0.860. The highest BCUT2D eigenvalue weighted by Gasteiger charge is 2.34. The maximum absolute atomic E-state index is 9.46. The summed E-state index contributed by atoms with van der Waals surface area (Å²) >= 11 is 0. The van der Waals surface area contributed by atoms with Gasteiger partial charge in [0.2, 0.25) is 0 Å². The largest absolute Gasteiger partial charge is 0.395 e. The lowest BCUT2D eigenvalue weighted by Gasteiger charge is -2.35. The van der Waals surface area contributed by atoms with E-state index in [1.54, 1.807) is 0 Å². The molecule has 1 saturated heterocycles. The molecule has 1 aliphatic heterocycles. The van der Waals surface area contributed by atoms with Gasteiger partial charge in [0.1, 0.15) is 0 Å². The second-order valence-corrected chi connectivity index (χ2v) is 5.61. The summed E-state index contributed by atoms with van der Waals surface area (Å²) < 4.78 is 0. The Bertz CT molecular complexity index is 404. The molecule has 1 heterocycles. The fraction of sp³-hybridized carbons (Fsp3) is 0.600. The summed E-state index contributed by atoms with van der Waals surface area (Å²) in [6.45, 7) is 4.86. The van der Waals surface area contributed by atoms with Crippen molar-refractivity contribution < 1.29 is 5.11 Å². The van der Waals surface area contributed by atoms with Crippen LogP contribution in [0.15, 0.2) is 24.3 Å². The Labute approximate surface area is 103 Å². The third-order valence-corrected chi connectivity index (χ3v) is 4.60. The molecule has 0 aromatic heterocycles. The van der Waals surface area contributed by atoms with Crippen LogP contribution in [0, 0.1) is 5.92 Å². The van der Waals surface area contributed by atoms with Crippen molar-refractivity contribution >= 4 is 0 Å². The minimum Gasteiger partial charge on any atom is -0.395 e. The van der Waals surface area contributed by atoms with Gasteiger partial charge in [-0.3, -0.25) is 4.90 Å². The molecule has 1 N–H and O–H groups in total. The summed E-state index contributed by atoms with van der Waals surface area (Å²) in [5.74, 6) is 1.35. The Morgan fingerprint density at radius 1 is 1.35 bits per heavy atom. The summed E-state index contributed by atoms with van der Waals surface area (Å²) in [5.41, 5.74) is 3.05. The van der Waals surface area contributed by atoms with Crippen molar-refractivity contribution in [1.82, 2.24) is 4.90 Å². The average molecular weight is 231 g/mol. The predicted molar refractivity (Wildman–Crippen MR) is 69.1 cm³/mol. The van der Waals surface area contributed by atoms with Crippen LogP contribution < -0.4 is 0 Å². The standard InChI is InChI=1S/C15H21NO/c1-11-6-7-16(15(11)10-17)9-13-8-12-4-2-3-5-14(12)13/h2-5,11,13,15,17H,6-10H2,1H3. The average Bonchev–Trinajstić information content (AvgIpc) is 2.67. The minimum atomic E-state index is 0.315. The van der Waals surface area contributed by atoms with Gasteiger partial charge in [-0.2, -0.15) is 0 Å². The van der Waals surface area contributed by atoms with Crippen LogP contribution in [0.25, 0.3) is 0 Å². The van der Waals surface area contributed by atoms with Gasteiger partial charge in [0, 0.05) is 18.5 Å². The van der Waals surface area contributed by atoms with Crippen LogP contribution in [0.2, 0.25) is 0 Å². The highest BCUT2D eigenvalue weighted by molar-refractivity contribution is 5.40. The molecule has 1 aromatic carbocycles. The molecule has 1 aromatic rings. The fourth-order valence-electron chi connectivity index (χ4n) is 3.42. The number of nitrogens with zero attached hydrogens (tertiary/aromatic N) is 1. The van der Waals surface area contributed by atoms with Crippen molar-refractivity contribution in [3.63, 3.8) is 0 Å². The fourth-order valence-corrected chi connectivity index (χ4v) is 3.42. The number of fused-ring (bicyclic) bond motifs is 1. The lowest BCUT2D eigenvalue weighted by molar-refractivity contribution is 0.131. The molecule has 17 heavy (non-hydrogen) atoms. The first-order valence-corrected chi connectivity index (χ1v) is 6.72. The molecule has 0 amide bonds. The highest BCUT2D eigenvalue weighted by atomic mass is 16.3. The van der Waals surface area contributed by atoms with Crippen molar-refractivity contribution in [3.8, 4) is 0 Å². The molecule has 92 valence electrons. The van der Waals surface area contributed by atoms with Crippen LogP contribution in [-0.2, 0) is 6.42 Å². The van der Waals surface area contributed by atoms with Crippen LogP contribution in [0.5, 0.6) is 0 Å². The number of hydrogen-bond donors (Lipinski definition) is 1. The van der Waals surface area contributed by atoms with Gasteiger partial charge < -0.3 is 5.11 Å². The summed E-state index contributed by atoms with van der Waals surface area (Å²) in [7, 11) is 0. The summed E-state index contributed by atoms with van der Waals surface area (Å²) in [4.78, 5) is 2.49. The maximum Gasteiger partial charge on any atom is 0.0589 e. The molecular formula is C15H21NO. The van der Waals surface area contributed by atoms with E-state index in [0.717, 1.165) is 13.1 Å². The number of rotatable bonds is 3. The van der Waals surface area contributed by atoms with Gasteiger partial charge in [0.25, 0.3) is 0 Å². The first-order valence-electron chi connectivity index (χ1n) is 6.72. The van der Waals surface area contributed by atoms with Crippen LogP contribution >= 0.6 is 0 Å². The van der Waals surface area contributed by atoms with E-state index in [9.17, 15) is 5.11 Å². The molecule has 0 spiro atoms. The van der Waals surface area contributed by atoms with Crippen molar-refractivity contribution in [3.05, 3.63) is 35.4 Å². The molecule has 1 fully saturated rings. The normalized spacial score (nSPS) is 32.2. The van der Waals surface area contributed by atoms with E-state index in [-0.39, 0.29) is 0 Å². The Morgan fingerprint density at radius 2 is 2.18 bits per heavy atom. The Balaban J connectivity index is 1.66. The smallest absolute Gasteiger partial charge is 0.0589 e. The minimum absolute atomic E-state index is 0.315. The topological polar surface area (TPSA) is 23.5 Å². The number of aliphatic hydroxyl groups excluding tert-OH is 1. The lowest BCUT2D eigenvalue weighted by atomic mass is 9.77. The number of hydrogen-bond acceptors (Lipinski definition) is 2. The third kappa shape index (κ3) is 1.90. The number of aliphatic hydroxyl groups is 1. The summed E-state index contributed by atoms with van der Waals surface area (Å²) in [6.07, 6.45) is 2.46. The monoisotopic (exact) mass is 231 g/mol. The van der Waals surface area contributed by atoms with Crippen LogP contribution in [-0.4, -0.2) is 35.7 Å². The van der Waals surface area contributed by atoms with Crippen molar-refractivity contribution in [2.75, 3.05) is 19.7 Å². The Kier molecular flexibility index (Phi) is 2.93. The molecule has 0 saturated carbocycles. The lowest BCUT2D eigenvalue weighted by Crippen LogP contribution is -2.40. The molecule has 2 nitrogen and oxygen atoms in total. The zero-order valence-electron chi connectivity index (χ0n) is 10.5. The van der Waals surface area contributed by atoms with Gasteiger partial charge in [0.15, 0.2) is 0 Å². The van der Waals surface area contributed by atoms with Crippen LogP contribution in [0.3, 0.4) is 0 Å². The van der Waals surface area contributed by atoms with Gasteiger partial charge in [-0.15, -0.1) is 0 Å². The highest BCUT2D eigenvalue weighted by Crippen LogP contribution is 2.37. The molecule has 3 unspecified atom stereocenters. The molecule has 3 atom stereocenters. The molecule has 1 aliphatic carbocycles. The van der Waals surface area contributed by atoms with Gasteiger partial charge >= 0.3 is 0 Å². The van der Waals surface area contributed by atoms with E-state index < -0.39 is 0 Å². The molecule has 3 rings (SSSR count). The second kappa shape index (κ2) is 4.43. The van der Waals surface area contributed by atoms with Gasteiger partial charge in [-0.25, -0.2) is 0 Å².